The number of aromatic nitrogens is 1. The van der Waals surface area contributed by atoms with Crippen LogP contribution in [-0.4, -0.2) is 10.9 Å². The fourth-order valence-electron chi connectivity index (χ4n) is 1.08. The highest BCUT2D eigenvalue weighted by atomic mass is 16.1. The summed E-state index contributed by atoms with van der Waals surface area (Å²) in [5, 5.41) is 2.88. The minimum Gasteiger partial charge on any atom is -0.350 e. The van der Waals surface area contributed by atoms with Crippen molar-refractivity contribution in [1.29, 1.82) is 0 Å². The first-order valence-corrected chi connectivity index (χ1v) is 4.43. The van der Waals surface area contributed by atoms with Gasteiger partial charge in [0.25, 0.3) is 0 Å². The molecule has 0 aromatic carbocycles. The van der Waals surface area contributed by atoms with E-state index >= 15 is 0 Å². The number of pyridine rings is 1. The molecule has 0 bridgehead atoms. The SMILES string of the molecule is CCC(=O)N[C@@H](C)c1ccncc1. The van der Waals surface area contributed by atoms with Crippen molar-refractivity contribution in [3.05, 3.63) is 30.1 Å². The standard InChI is InChI=1S/C10H14N2O/c1-3-10(13)12-8(2)9-4-6-11-7-5-9/h4-8H,3H2,1-2H3,(H,12,13)/t8-/m0/s1. The predicted molar refractivity (Wildman–Crippen MR) is 51.1 cm³/mol. The van der Waals surface area contributed by atoms with Crippen LogP contribution in [0.1, 0.15) is 31.9 Å². The molecule has 0 aliphatic carbocycles. The number of carbonyl (C=O) groups excluding carboxylic acids is 1. The quantitative estimate of drug-likeness (QED) is 0.765. The average molecular weight is 178 g/mol. The van der Waals surface area contributed by atoms with Crippen LogP contribution in [0.5, 0.6) is 0 Å². The number of hydrogen-bond donors (Lipinski definition) is 1. The minimum atomic E-state index is 0.0652. The van der Waals surface area contributed by atoms with Gasteiger partial charge in [-0.25, -0.2) is 0 Å². The van der Waals surface area contributed by atoms with E-state index in [1.807, 2.05) is 26.0 Å². The van der Waals surface area contributed by atoms with Crippen molar-refractivity contribution in [2.24, 2.45) is 0 Å². The van der Waals surface area contributed by atoms with Crippen molar-refractivity contribution >= 4 is 5.91 Å². The van der Waals surface area contributed by atoms with E-state index in [-0.39, 0.29) is 11.9 Å². The summed E-state index contributed by atoms with van der Waals surface area (Å²) in [5.41, 5.74) is 1.08. The van der Waals surface area contributed by atoms with E-state index in [0.717, 1.165) is 5.56 Å². The molecule has 1 aromatic heterocycles. The van der Waals surface area contributed by atoms with Crippen molar-refractivity contribution in [2.75, 3.05) is 0 Å². The van der Waals surface area contributed by atoms with Gasteiger partial charge < -0.3 is 5.32 Å². The lowest BCUT2D eigenvalue weighted by Crippen LogP contribution is -2.25. The minimum absolute atomic E-state index is 0.0652. The molecule has 3 nitrogen and oxygen atoms in total. The number of rotatable bonds is 3. The number of nitrogens with zero attached hydrogens (tertiary/aromatic N) is 1. The van der Waals surface area contributed by atoms with E-state index in [9.17, 15) is 4.79 Å². The zero-order chi connectivity index (χ0) is 9.68. The van der Waals surface area contributed by atoms with Crippen LogP contribution in [0.2, 0.25) is 0 Å². The molecule has 0 aliphatic rings. The number of carbonyl (C=O) groups is 1. The third kappa shape index (κ3) is 2.86. The van der Waals surface area contributed by atoms with E-state index in [1.165, 1.54) is 0 Å². The molecule has 3 heteroatoms. The monoisotopic (exact) mass is 178 g/mol. The Balaban J connectivity index is 2.59. The molecule has 0 fully saturated rings. The maximum atomic E-state index is 11.1. The Morgan fingerprint density at radius 1 is 1.54 bits per heavy atom. The highest BCUT2D eigenvalue weighted by Crippen LogP contribution is 2.09. The summed E-state index contributed by atoms with van der Waals surface area (Å²) in [7, 11) is 0. The van der Waals surface area contributed by atoms with Crippen molar-refractivity contribution in [3.63, 3.8) is 0 Å². The Morgan fingerprint density at radius 3 is 2.69 bits per heavy atom. The lowest BCUT2D eigenvalue weighted by Gasteiger charge is -2.12. The lowest BCUT2D eigenvalue weighted by atomic mass is 10.1. The predicted octanol–water partition coefficient (Wildman–Crippen LogP) is 1.67. The Bertz CT molecular complexity index is 272. The second kappa shape index (κ2) is 4.60. The summed E-state index contributed by atoms with van der Waals surface area (Å²) < 4.78 is 0. The number of amides is 1. The van der Waals surface area contributed by atoms with E-state index in [2.05, 4.69) is 10.3 Å². The summed E-state index contributed by atoms with van der Waals surface area (Å²) in [5.74, 6) is 0.0734. The van der Waals surface area contributed by atoms with Gasteiger partial charge in [0.15, 0.2) is 0 Å². The first-order chi connectivity index (χ1) is 6.24. The molecule has 0 unspecified atom stereocenters. The van der Waals surface area contributed by atoms with Crippen LogP contribution >= 0.6 is 0 Å². The van der Waals surface area contributed by atoms with E-state index < -0.39 is 0 Å². The largest absolute Gasteiger partial charge is 0.350 e. The third-order valence-corrected chi connectivity index (χ3v) is 1.90. The molecule has 0 saturated heterocycles. The second-order valence-electron chi connectivity index (χ2n) is 2.92. The molecule has 1 heterocycles. The molecule has 1 rings (SSSR count). The van der Waals surface area contributed by atoms with Gasteiger partial charge in [-0.15, -0.1) is 0 Å². The van der Waals surface area contributed by atoms with Gasteiger partial charge in [-0.1, -0.05) is 6.92 Å². The van der Waals surface area contributed by atoms with Gasteiger partial charge in [-0.05, 0) is 24.6 Å². The molecule has 1 aromatic rings. The van der Waals surface area contributed by atoms with Crippen molar-refractivity contribution in [2.45, 2.75) is 26.3 Å². The smallest absolute Gasteiger partial charge is 0.220 e. The Morgan fingerprint density at radius 2 is 2.15 bits per heavy atom. The van der Waals surface area contributed by atoms with Crippen molar-refractivity contribution in [1.82, 2.24) is 10.3 Å². The van der Waals surface area contributed by atoms with Gasteiger partial charge in [-0.2, -0.15) is 0 Å². The van der Waals surface area contributed by atoms with Gasteiger partial charge in [0.2, 0.25) is 5.91 Å². The molecule has 0 spiro atoms. The van der Waals surface area contributed by atoms with Crippen LogP contribution in [0.3, 0.4) is 0 Å². The molecule has 1 amide bonds. The van der Waals surface area contributed by atoms with E-state index in [1.54, 1.807) is 12.4 Å². The summed E-state index contributed by atoms with van der Waals surface area (Å²) in [6.07, 6.45) is 3.98. The van der Waals surface area contributed by atoms with Crippen molar-refractivity contribution in [3.8, 4) is 0 Å². The van der Waals surface area contributed by atoms with Crippen LogP contribution in [0.4, 0.5) is 0 Å². The van der Waals surface area contributed by atoms with Crippen LogP contribution in [-0.2, 0) is 4.79 Å². The first kappa shape index (κ1) is 9.71. The van der Waals surface area contributed by atoms with Crippen molar-refractivity contribution < 1.29 is 4.79 Å². The van der Waals surface area contributed by atoms with Gasteiger partial charge >= 0.3 is 0 Å². The Kier molecular flexibility index (Phi) is 3.43. The number of nitrogens with one attached hydrogen (secondary N) is 1. The topological polar surface area (TPSA) is 42.0 Å². The highest BCUT2D eigenvalue weighted by Gasteiger charge is 2.06. The first-order valence-electron chi connectivity index (χ1n) is 4.43. The van der Waals surface area contributed by atoms with Crippen LogP contribution in [0.25, 0.3) is 0 Å². The molecule has 0 aliphatic heterocycles. The van der Waals surface area contributed by atoms with Crippen LogP contribution in [0, 0.1) is 0 Å². The molecule has 13 heavy (non-hydrogen) atoms. The fourth-order valence-corrected chi connectivity index (χ4v) is 1.08. The van der Waals surface area contributed by atoms with E-state index in [0.29, 0.717) is 6.42 Å². The average Bonchev–Trinajstić information content (AvgIpc) is 2.19. The molecule has 1 atom stereocenters. The summed E-state index contributed by atoms with van der Waals surface area (Å²) in [6, 6.07) is 3.87. The lowest BCUT2D eigenvalue weighted by molar-refractivity contribution is -0.121. The molecule has 0 radical (unpaired) electrons. The van der Waals surface area contributed by atoms with Crippen LogP contribution < -0.4 is 5.32 Å². The maximum absolute atomic E-state index is 11.1. The van der Waals surface area contributed by atoms with Gasteiger partial charge in [0.1, 0.15) is 0 Å². The van der Waals surface area contributed by atoms with Crippen LogP contribution in [0.15, 0.2) is 24.5 Å². The summed E-state index contributed by atoms with van der Waals surface area (Å²) >= 11 is 0. The zero-order valence-electron chi connectivity index (χ0n) is 7.95. The fraction of sp³-hybridized carbons (Fsp3) is 0.400. The maximum Gasteiger partial charge on any atom is 0.220 e. The molecular formula is C10H14N2O. The molecule has 0 saturated carbocycles. The van der Waals surface area contributed by atoms with E-state index in [4.69, 9.17) is 0 Å². The number of hydrogen-bond acceptors (Lipinski definition) is 2. The van der Waals surface area contributed by atoms with Gasteiger partial charge in [-0.3, -0.25) is 9.78 Å². The highest BCUT2D eigenvalue weighted by molar-refractivity contribution is 5.75. The van der Waals surface area contributed by atoms with Gasteiger partial charge in [0.05, 0.1) is 6.04 Å². The Hall–Kier alpha value is -1.38. The zero-order valence-corrected chi connectivity index (χ0v) is 7.95. The summed E-state index contributed by atoms with van der Waals surface area (Å²) in [4.78, 5) is 15.0. The summed E-state index contributed by atoms with van der Waals surface area (Å²) in [6.45, 7) is 3.80. The van der Waals surface area contributed by atoms with Gasteiger partial charge in [0, 0.05) is 18.8 Å². The molecular weight excluding hydrogens is 164 g/mol. The molecule has 70 valence electrons. The Labute approximate surface area is 78.2 Å². The second-order valence-corrected chi connectivity index (χ2v) is 2.92. The molecule has 1 N–H and O–H groups in total. The normalized spacial score (nSPS) is 12.2. The third-order valence-electron chi connectivity index (χ3n) is 1.90.